The number of fused-ring (bicyclic) bond motifs is 8. The van der Waals surface area contributed by atoms with Crippen molar-refractivity contribution in [2.45, 2.75) is 84.0 Å². The zero-order valence-corrected chi connectivity index (χ0v) is 34.7. The minimum Gasteiger partial charge on any atom is -0.143 e. The molecule has 0 spiro atoms. The molecule has 0 saturated heterocycles. The molecule has 7 aromatic carbocycles. The summed E-state index contributed by atoms with van der Waals surface area (Å²) in [6, 6.07) is 43.0. The first-order valence-corrected chi connectivity index (χ1v) is 21.3. The fraction of sp³-hybridized carbons (Fsp3) is 0.236. The van der Waals surface area contributed by atoms with Gasteiger partial charge in [-0.3, -0.25) is 0 Å². The van der Waals surface area contributed by atoms with Gasteiger partial charge in [-0.2, -0.15) is 0 Å². The lowest BCUT2D eigenvalue weighted by Gasteiger charge is -2.35. The molecule has 272 valence electrons. The molecule has 0 saturated carbocycles. The van der Waals surface area contributed by atoms with Crippen molar-refractivity contribution in [1.82, 2.24) is 0 Å². The van der Waals surface area contributed by atoms with Gasteiger partial charge in [-0.15, -0.1) is 11.3 Å². The highest BCUT2D eigenvalue weighted by Gasteiger charge is 2.46. The summed E-state index contributed by atoms with van der Waals surface area (Å²) in [5.74, 6) is 0. The zero-order chi connectivity index (χ0) is 38.4. The maximum absolute atomic E-state index is 2.55. The molecule has 0 aliphatic heterocycles. The maximum Gasteiger partial charge on any atom is 0.0349 e. The van der Waals surface area contributed by atoms with Crippen molar-refractivity contribution in [2.75, 3.05) is 0 Å². The van der Waals surface area contributed by atoms with Gasteiger partial charge in [0.2, 0.25) is 0 Å². The molecule has 0 radical (unpaired) electrons. The number of rotatable bonds is 2. The minimum absolute atomic E-state index is 0.0541. The standard InChI is InChI=1S/C55H46S/c1-29-21-44-51-49-34(29)15-12-16-39(49)53(4,5)45-23-32(24-46(50(45)51)55(44,8)9)47-25-33(28-56-47)31-17-19-36-37-26-43-38(27-42(37)54(6,7)41(36)22-31)48-35-14-11-10-13-30(35)18-20-40(48)52(43,2)3/h10-28H,1-9H3. The summed E-state index contributed by atoms with van der Waals surface area (Å²) in [7, 11) is 0. The lowest BCUT2D eigenvalue weighted by Crippen LogP contribution is -2.24. The van der Waals surface area contributed by atoms with Crippen molar-refractivity contribution >= 4 is 32.9 Å². The third kappa shape index (κ3) is 3.81. The number of hydrogen-bond acceptors (Lipinski definition) is 1. The first-order valence-electron chi connectivity index (χ1n) is 20.4. The second-order valence-electron chi connectivity index (χ2n) is 19.4. The van der Waals surface area contributed by atoms with Crippen LogP contribution < -0.4 is 0 Å². The van der Waals surface area contributed by atoms with Gasteiger partial charge in [-0.05, 0) is 170 Å². The molecular formula is C55H46S. The van der Waals surface area contributed by atoms with Gasteiger partial charge in [0.15, 0.2) is 0 Å². The molecule has 56 heavy (non-hydrogen) atoms. The van der Waals surface area contributed by atoms with E-state index in [0.29, 0.717) is 0 Å². The fourth-order valence-electron chi connectivity index (χ4n) is 11.8. The smallest absolute Gasteiger partial charge is 0.0349 e. The lowest BCUT2D eigenvalue weighted by atomic mass is 9.68. The van der Waals surface area contributed by atoms with Gasteiger partial charge >= 0.3 is 0 Å². The Morgan fingerprint density at radius 2 is 1.02 bits per heavy atom. The predicted molar refractivity (Wildman–Crippen MR) is 240 cm³/mol. The van der Waals surface area contributed by atoms with Gasteiger partial charge in [-0.1, -0.05) is 128 Å². The van der Waals surface area contributed by atoms with Crippen molar-refractivity contribution in [2.24, 2.45) is 0 Å². The van der Waals surface area contributed by atoms with Gasteiger partial charge in [-0.25, -0.2) is 0 Å². The van der Waals surface area contributed by atoms with Crippen molar-refractivity contribution in [3.8, 4) is 54.9 Å². The van der Waals surface area contributed by atoms with Gasteiger partial charge < -0.3 is 0 Å². The molecule has 0 bridgehead atoms. The van der Waals surface area contributed by atoms with Crippen LogP contribution in [-0.2, 0) is 21.7 Å². The van der Waals surface area contributed by atoms with Crippen LogP contribution in [0, 0.1) is 6.92 Å². The van der Waals surface area contributed by atoms with E-state index in [2.05, 4.69) is 177 Å². The predicted octanol–water partition coefficient (Wildman–Crippen LogP) is 15.3. The second-order valence-corrected chi connectivity index (χ2v) is 20.3. The average molecular weight is 739 g/mol. The third-order valence-corrected chi connectivity index (χ3v) is 16.0. The highest BCUT2D eigenvalue weighted by atomic mass is 32.1. The van der Waals surface area contributed by atoms with Crippen LogP contribution >= 0.6 is 11.3 Å². The van der Waals surface area contributed by atoms with Gasteiger partial charge in [0.05, 0.1) is 0 Å². The van der Waals surface area contributed by atoms with Gasteiger partial charge in [0.25, 0.3) is 0 Å². The van der Waals surface area contributed by atoms with E-state index in [1.165, 1.54) is 127 Å². The number of benzene rings is 7. The monoisotopic (exact) mass is 738 g/mol. The molecule has 0 nitrogen and oxygen atoms in total. The second kappa shape index (κ2) is 10.2. The highest BCUT2D eigenvalue weighted by Crippen LogP contribution is 2.61. The van der Waals surface area contributed by atoms with Crippen LogP contribution in [-0.4, -0.2) is 0 Å². The summed E-state index contributed by atoms with van der Waals surface area (Å²) in [5.41, 5.74) is 25.3. The molecule has 0 unspecified atom stereocenters. The molecule has 4 aliphatic rings. The van der Waals surface area contributed by atoms with E-state index in [1.54, 1.807) is 0 Å². The number of aryl methyl sites for hydroxylation is 1. The van der Waals surface area contributed by atoms with Crippen molar-refractivity contribution in [3.05, 3.63) is 165 Å². The van der Waals surface area contributed by atoms with E-state index in [1.807, 2.05) is 11.3 Å². The van der Waals surface area contributed by atoms with Crippen LogP contribution in [0.5, 0.6) is 0 Å². The molecule has 4 aliphatic carbocycles. The van der Waals surface area contributed by atoms with Crippen LogP contribution in [0.4, 0.5) is 0 Å². The van der Waals surface area contributed by atoms with Gasteiger partial charge in [0.1, 0.15) is 0 Å². The van der Waals surface area contributed by atoms with Crippen molar-refractivity contribution < 1.29 is 0 Å². The lowest BCUT2D eigenvalue weighted by molar-refractivity contribution is 0.639. The molecule has 0 amide bonds. The Balaban J connectivity index is 0.966. The van der Waals surface area contributed by atoms with Crippen LogP contribution in [0.25, 0.3) is 76.5 Å². The highest BCUT2D eigenvalue weighted by molar-refractivity contribution is 7.14. The Morgan fingerprint density at radius 1 is 0.393 bits per heavy atom. The summed E-state index contributed by atoms with van der Waals surface area (Å²) in [6.45, 7) is 21.8. The van der Waals surface area contributed by atoms with Crippen molar-refractivity contribution in [3.63, 3.8) is 0 Å². The Labute approximate surface area is 334 Å². The zero-order valence-electron chi connectivity index (χ0n) is 33.9. The van der Waals surface area contributed by atoms with E-state index < -0.39 is 0 Å². The molecule has 1 aromatic heterocycles. The maximum atomic E-state index is 2.55. The first kappa shape index (κ1) is 33.0. The first-order chi connectivity index (χ1) is 26.7. The summed E-state index contributed by atoms with van der Waals surface area (Å²) < 4.78 is 0. The Hall–Kier alpha value is -5.24. The summed E-state index contributed by atoms with van der Waals surface area (Å²) >= 11 is 1.89. The van der Waals surface area contributed by atoms with Gasteiger partial charge in [0, 0.05) is 26.5 Å². The van der Waals surface area contributed by atoms with Crippen LogP contribution in [0.3, 0.4) is 0 Å². The largest absolute Gasteiger partial charge is 0.143 e. The molecule has 0 fully saturated rings. The van der Waals surface area contributed by atoms with E-state index in [9.17, 15) is 0 Å². The minimum atomic E-state index is -0.110. The molecule has 0 atom stereocenters. The third-order valence-electron chi connectivity index (χ3n) is 15.0. The number of thiophene rings is 1. The Morgan fingerprint density at radius 3 is 1.82 bits per heavy atom. The molecule has 1 heteroatoms. The Bertz CT molecular complexity index is 3140. The summed E-state index contributed by atoms with van der Waals surface area (Å²) in [4.78, 5) is 1.34. The topological polar surface area (TPSA) is 0 Å². The fourth-order valence-corrected chi connectivity index (χ4v) is 12.7. The Kier molecular flexibility index (Phi) is 5.99. The summed E-state index contributed by atoms with van der Waals surface area (Å²) in [6.07, 6.45) is 0. The summed E-state index contributed by atoms with van der Waals surface area (Å²) in [5, 5.41) is 7.95. The quantitative estimate of drug-likeness (QED) is 0.166. The van der Waals surface area contributed by atoms with E-state index >= 15 is 0 Å². The van der Waals surface area contributed by atoms with E-state index in [-0.39, 0.29) is 21.7 Å². The molecule has 1 heterocycles. The number of hydrogen-bond donors (Lipinski definition) is 0. The average Bonchev–Trinajstić information content (AvgIpc) is 3.88. The molecular weight excluding hydrogens is 693 g/mol. The molecule has 0 N–H and O–H groups in total. The van der Waals surface area contributed by atoms with Crippen LogP contribution in [0.15, 0.2) is 115 Å². The van der Waals surface area contributed by atoms with Crippen LogP contribution in [0.2, 0.25) is 0 Å². The SMILES string of the molecule is Cc1cc2c3c4c(cccc14)C(C)(C)c1cc(-c4cc(-c5ccc6c(c5)C(C)(C)c5cc7c(cc5-6)C(C)(C)c5ccc6ccccc6c5-7)cs4)cc(c1-3)C2(C)C. The van der Waals surface area contributed by atoms with Crippen LogP contribution in [0.1, 0.15) is 105 Å². The van der Waals surface area contributed by atoms with E-state index in [4.69, 9.17) is 0 Å². The normalized spacial score (nSPS) is 17.6. The molecule has 12 rings (SSSR count). The van der Waals surface area contributed by atoms with E-state index in [0.717, 1.165) is 0 Å². The molecule has 8 aromatic rings. The van der Waals surface area contributed by atoms with Crippen molar-refractivity contribution in [1.29, 1.82) is 0 Å².